The standard InChI is InChI=1S/C17H24N6O/c1-12-8-9-15(10-13(12)2)23-16(20-21-22-23)11-18-17(24)19-14-6-4-3-5-7-14/h8-10,14H,3-7,11H2,1-2H3,(H2,18,19,24). The molecule has 2 aromatic rings. The van der Waals surface area contributed by atoms with Crippen LogP contribution in [0.1, 0.15) is 49.1 Å². The van der Waals surface area contributed by atoms with Crippen LogP contribution in [0.2, 0.25) is 0 Å². The zero-order valence-corrected chi connectivity index (χ0v) is 14.2. The molecular formula is C17H24N6O. The van der Waals surface area contributed by atoms with E-state index >= 15 is 0 Å². The van der Waals surface area contributed by atoms with Crippen LogP contribution in [0.25, 0.3) is 5.69 Å². The second-order valence-corrected chi connectivity index (χ2v) is 6.44. The molecule has 1 aromatic carbocycles. The molecule has 1 heterocycles. The van der Waals surface area contributed by atoms with E-state index in [0.717, 1.165) is 18.5 Å². The molecule has 0 bridgehead atoms. The van der Waals surface area contributed by atoms with Crippen molar-refractivity contribution in [1.29, 1.82) is 0 Å². The number of benzene rings is 1. The Morgan fingerprint density at radius 3 is 2.75 bits per heavy atom. The number of nitrogens with zero attached hydrogens (tertiary/aromatic N) is 4. The van der Waals surface area contributed by atoms with Crippen LogP contribution in [0, 0.1) is 13.8 Å². The molecule has 24 heavy (non-hydrogen) atoms. The summed E-state index contributed by atoms with van der Waals surface area (Å²) in [4.78, 5) is 12.1. The summed E-state index contributed by atoms with van der Waals surface area (Å²) >= 11 is 0. The number of tetrazole rings is 1. The summed E-state index contributed by atoms with van der Waals surface area (Å²) in [5.41, 5.74) is 3.29. The highest BCUT2D eigenvalue weighted by Gasteiger charge is 2.16. The first-order valence-corrected chi connectivity index (χ1v) is 8.53. The van der Waals surface area contributed by atoms with Crippen molar-refractivity contribution in [2.75, 3.05) is 0 Å². The van der Waals surface area contributed by atoms with Crippen LogP contribution < -0.4 is 10.6 Å². The number of carbonyl (C=O) groups excluding carboxylic acids is 1. The van der Waals surface area contributed by atoms with Crippen molar-refractivity contribution >= 4 is 6.03 Å². The number of carbonyl (C=O) groups is 1. The van der Waals surface area contributed by atoms with E-state index in [1.165, 1.54) is 30.4 Å². The van der Waals surface area contributed by atoms with Gasteiger partial charge in [-0.15, -0.1) is 5.10 Å². The molecule has 0 unspecified atom stereocenters. The molecule has 1 fully saturated rings. The minimum atomic E-state index is -0.156. The Kier molecular flexibility index (Phi) is 5.08. The van der Waals surface area contributed by atoms with Crippen molar-refractivity contribution in [3.8, 4) is 5.69 Å². The SMILES string of the molecule is Cc1ccc(-n2nnnc2CNC(=O)NC2CCCCC2)cc1C. The zero-order chi connectivity index (χ0) is 16.9. The number of hydrogen-bond acceptors (Lipinski definition) is 4. The van der Waals surface area contributed by atoms with E-state index in [0.29, 0.717) is 12.4 Å². The third-order valence-electron chi connectivity index (χ3n) is 4.62. The quantitative estimate of drug-likeness (QED) is 0.902. The Labute approximate surface area is 141 Å². The maximum atomic E-state index is 12.1. The second kappa shape index (κ2) is 7.42. The maximum absolute atomic E-state index is 12.1. The van der Waals surface area contributed by atoms with Gasteiger partial charge in [0.2, 0.25) is 0 Å². The van der Waals surface area contributed by atoms with Crippen LogP contribution in [-0.4, -0.2) is 32.3 Å². The summed E-state index contributed by atoms with van der Waals surface area (Å²) in [7, 11) is 0. The van der Waals surface area contributed by atoms with Crippen molar-refractivity contribution in [3.63, 3.8) is 0 Å². The molecule has 0 aliphatic heterocycles. The molecule has 128 valence electrons. The summed E-state index contributed by atoms with van der Waals surface area (Å²) in [6.07, 6.45) is 5.78. The van der Waals surface area contributed by atoms with Crippen LogP contribution in [0.5, 0.6) is 0 Å². The van der Waals surface area contributed by atoms with E-state index in [4.69, 9.17) is 0 Å². The molecule has 0 radical (unpaired) electrons. The molecule has 1 aromatic heterocycles. The van der Waals surface area contributed by atoms with Crippen LogP contribution in [0.4, 0.5) is 4.79 Å². The van der Waals surface area contributed by atoms with E-state index in [2.05, 4.69) is 40.0 Å². The van der Waals surface area contributed by atoms with E-state index in [1.54, 1.807) is 4.68 Å². The van der Waals surface area contributed by atoms with E-state index < -0.39 is 0 Å². The van der Waals surface area contributed by atoms with Crippen molar-refractivity contribution in [1.82, 2.24) is 30.8 Å². The van der Waals surface area contributed by atoms with Gasteiger partial charge in [0, 0.05) is 6.04 Å². The van der Waals surface area contributed by atoms with Gasteiger partial charge >= 0.3 is 6.03 Å². The van der Waals surface area contributed by atoms with Gasteiger partial charge in [-0.2, -0.15) is 4.68 Å². The monoisotopic (exact) mass is 328 g/mol. The molecule has 0 spiro atoms. The smallest absolute Gasteiger partial charge is 0.315 e. The molecule has 3 rings (SSSR count). The molecule has 0 atom stereocenters. The third kappa shape index (κ3) is 3.90. The normalized spacial score (nSPS) is 15.2. The Balaban J connectivity index is 1.61. The van der Waals surface area contributed by atoms with Gasteiger partial charge in [0.1, 0.15) is 0 Å². The molecule has 7 nitrogen and oxygen atoms in total. The van der Waals surface area contributed by atoms with E-state index in [-0.39, 0.29) is 12.1 Å². The fourth-order valence-corrected chi connectivity index (χ4v) is 3.02. The Morgan fingerprint density at radius 2 is 2.00 bits per heavy atom. The highest BCUT2D eigenvalue weighted by atomic mass is 16.2. The number of aromatic nitrogens is 4. The summed E-state index contributed by atoms with van der Waals surface area (Å²) < 4.78 is 1.66. The van der Waals surface area contributed by atoms with Crippen molar-refractivity contribution in [3.05, 3.63) is 35.2 Å². The molecule has 2 amide bonds. The Hall–Kier alpha value is -2.44. The number of hydrogen-bond donors (Lipinski definition) is 2. The van der Waals surface area contributed by atoms with Gasteiger partial charge in [-0.25, -0.2) is 4.79 Å². The largest absolute Gasteiger partial charge is 0.335 e. The lowest BCUT2D eigenvalue weighted by Gasteiger charge is -2.22. The van der Waals surface area contributed by atoms with Crippen molar-refractivity contribution < 1.29 is 4.79 Å². The highest BCUT2D eigenvalue weighted by molar-refractivity contribution is 5.74. The lowest BCUT2D eigenvalue weighted by Crippen LogP contribution is -2.42. The van der Waals surface area contributed by atoms with Crippen LogP contribution >= 0.6 is 0 Å². The summed E-state index contributed by atoms with van der Waals surface area (Å²) in [5.74, 6) is 0.608. The Morgan fingerprint density at radius 1 is 1.21 bits per heavy atom. The summed E-state index contributed by atoms with van der Waals surface area (Å²) in [6.45, 7) is 4.41. The van der Waals surface area contributed by atoms with Gasteiger partial charge in [0.05, 0.1) is 12.2 Å². The average molecular weight is 328 g/mol. The number of urea groups is 1. The maximum Gasteiger partial charge on any atom is 0.315 e. The summed E-state index contributed by atoms with van der Waals surface area (Å²) in [5, 5.41) is 17.7. The average Bonchev–Trinajstić information content (AvgIpc) is 3.05. The molecular weight excluding hydrogens is 304 g/mol. The lowest BCUT2D eigenvalue weighted by atomic mass is 9.96. The van der Waals surface area contributed by atoms with E-state index in [9.17, 15) is 4.79 Å². The number of nitrogens with one attached hydrogen (secondary N) is 2. The molecule has 1 aliphatic carbocycles. The number of rotatable bonds is 4. The minimum Gasteiger partial charge on any atom is -0.335 e. The van der Waals surface area contributed by atoms with Crippen molar-refractivity contribution in [2.24, 2.45) is 0 Å². The third-order valence-corrected chi connectivity index (χ3v) is 4.62. The fourth-order valence-electron chi connectivity index (χ4n) is 3.02. The first-order valence-electron chi connectivity index (χ1n) is 8.53. The van der Waals surface area contributed by atoms with Crippen molar-refractivity contribution in [2.45, 2.75) is 58.5 Å². The van der Waals surface area contributed by atoms with Gasteiger partial charge in [-0.1, -0.05) is 25.3 Å². The number of amides is 2. The lowest BCUT2D eigenvalue weighted by molar-refractivity contribution is 0.232. The minimum absolute atomic E-state index is 0.156. The predicted octanol–water partition coefficient (Wildman–Crippen LogP) is 2.41. The van der Waals surface area contributed by atoms with Crippen LogP contribution in [-0.2, 0) is 6.54 Å². The first-order chi connectivity index (χ1) is 11.6. The molecule has 1 aliphatic rings. The van der Waals surface area contributed by atoms with Gasteiger partial charge < -0.3 is 10.6 Å². The second-order valence-electron chi connectivity index (χ2n) is 6.44. The summed E-state index contributed by atoms with van der Waals surface area (Å²) in [6, 6.07) is 6.19. The molecule has 0 saturated heterocycles. The highest BCUT2D eigenvalue weighted by Crippen LogP contribution is 2.17. The van der Waals surface area contributed by atoms with Crippen LogP contribution in [0.3, 0.4) is 0 Å². The molecule has 1 saturated carbocycles. The Bertz CT molecular complexity index is 705. The van der Waals surface area contributed by atoms with Gasteiger partial charge in [0.15, 0.2) is 5.82 Å². The molecule has 7 heteroatoms. The fraction of sp³-hybridized carbons (Fsp3) is 0.529. The van der Waals surface area contributed by atoms with E-state index in [1.807, 2.05) is 18.2 Å². The van der Waals surface area contributed by atoms with Crippen LogP contribution in [0.15, 0.2) is 18.2 Å². The number of aryl methyl sites for hydroxylation is 2. The van der Waals surface area contributed by atoms with Gasteiger partial charge in [-0.05, 0) is 60.4 Å². The zero-order valence-electron chi connectivity index (χ0n) is 14.2. The van der Waals surface area contributed by atoms with Gasteiger partial charge in [0.25, 0.3) is 0 Å². The molecule has 2 N–H and O–H groups in total. The van der Waals surface area contributed by atoms with Gasteiger partial charge in [-0.3, -0.25) is 0 Å². The topological polar surface area (TPSA) is 84.7 Å². The first kappa shape index (κ1) is 16.4. The predicted molar refractivity (Wildman–Crippen MR) is 90.9 cm³/mol.